The number of pyridine rings is 1. The van der Waals surface area contributed by atoms with E-state index in [1.807, 2.05) is 0 Å². The third-order valence-electron chi connectivity index (χ3n) is 4.08. The van der Waals surface area contributed by atoms with Gasteiger partial charge in [-0.1, -0.05) is 6.07 Å². The third-order valence-corrected chi connectivity index (χ3v) is 5.20. The second kappa shape index (κ2) is 7.43. The number of likely N-dealkylation sites (N-methyl/N-ethyl adjacent to an activating group) is 1. The fraction of sp³-hybridized carbons (Fsp3) is 0.211. The number of fused-ring (bicyclic) bond motifs is 1. The van der Waals surface area contributed by atoms with Gasteiger partial charge in [-0.2, -0.15) is 0 Å². The van der Waals surface area contributed by atoms with E-state index >= 15 is 0 Å². The van der Waals surface area contributed by atoms with Crippen molar-refractivity contribution in [3.05, 3.63) is 46.2 Å². The van der Waals surface area contributed by atoms with Crippen molar-refractivity contribution in [2.45, 2.75) is 13.3 Å². The monoisotopic (exact) mass is 402 g/mol. The Kier molecular flexibility index (Phi) is 5.19. The van der Waals surface area contributed by atoms with Gasteiger partial charge in [-0.25, -0.2) is 9.37 Å². The van der Waals surface area contributed by atoms with Crippen LogP contribution in [0, 0.1) is 12.7 Å². The first-order valence-electron chi connectivity index (χ1n) is 8.33. The number of hydrogen-bond donors (Lipinski definition) is 2. The standard InChI is InChI=1S/C19H19FN4O3S/c1-9-6-13(15-16(21)17(18(22)26)28-19(15)23-9)27-12-5-4-10(7-11(12)20)8-14(25)24(2)3/h4-7H,8,21H2,1-3H3,(H2,22,26). The summed E-state index contributed by atoms with van der Waals surface area (Å²) < 4.78 is 20.3. The maximum absolute atomic E-state index is 14.6. The highest BCUT2D eigenvalue weighted by atomic mass is 32.1. The van der Waals surface area contributed by atoms with Gasteiger partial charge < -0.3 is 21.1 Å². The molecule has 0 fully saturated rings. The fourth-order valence-electron chi connectivity index (χ4n) is 2.65. The summed E-state index contributed by atoms with van der Waals surface area (Å²) in [6.45, 7) is 1.75. The normalized spacial score (nSPS) is 10.9. The minimum atomic E-state index is -0.662. The molecule has 9 heteroatoms. The number of thiophene rings is 1. The van der Waals surface area contributed by atoms with Gasteiger partial charge in [0.25, 0.3) is 5.91 Å². The van der Waals surface area contributed by atoms with Crippen LogP contribution in [-0.4, -0.2) is 35.8 Å². The van der Waals surface area contributed by atoms with Crippen molar-refractivity contribution in [2.24, 2.45) is 5.73 Å². The quantitative estimate of drug-likeness (QED) is 0.682. The summed E-state index contributed by atoms with van der Waals surface area (Å²) in [7, 11) is 3.28. The Labute approximate surface area is 164 Å². The number of carbonyl (C=O) groups excluding carboxylic acids is 2. The van der Waals surface area contributed by atoms with Crippen molar-refractivity contribution in [1.82, 2.24) is 9.88 Å². The maximum Gasteiger partial charge on any atom is 0.260 e. The highest BCUT2D eigenvalue weighted by Gasteiger charge is 2.20. The van der Waals surface area contributed by atoms with Crippen LogP contribution in [0.1, 0.15) is 20.9 Å². The fourth-order valence-corrected chi connectivity index (χ4v) is 3.66. The molecule has 3 aromatic rings. The lowest BCUT2D eigenvalue weighted by Crippen LogP contribution is -2.23. The van der Waals surface area contributed by atoms with Gasteiger partial charge in [0.1, 0.15) is 15.5 Å². The largest absolute Gasteiger partial charge is 0.453 e. The molecule has 2 heterocycles. The first kappa shape index (κ1) is 19.6. The van der Waals surface area contributed by atoms with Gasteiger partial charge in [0, 0.05) is 25.9 Å². The number of carbonyl (C=O) groups is 2. The van der Waals surface area contributed by atoms with Crippen molar-refractivity contribution >= 4 is 39.1 Å². The van der Waals surface area contributed by atoms with Crippen LogP contribution >= 0.6 is 11.3 Å². The molecule has 3 rings (SSSR count). The van der Waals surface area contributed by atoms with Crippen LogP contribution < -0.4 is 16.2 Å². The van der Waals surface area contributed by atoms with E-state index in [2.05, 4.69) is 4.98 Å². The number of halogens is 1. The number of ether oxygens (including phenoxy) is 1. The van der Waals surface area contributed by atoms with Crippen LogP contribution in [0.15, 0.2) is 24.3 Å². The molecule has 2 aromatic heterocycles. The molecule has 7 nitrogen and oxygen atoms in total. The molecule has 1 aromatic carbocycles. The second-order valence-corrected chi connectivity index (χ2v) is 7.48. The van der Waals surface area contributed by atoms with Crippen molar-refractivity contribution in [1.29, 1.82) is 0 Å². The molecule has 0 spiro atoms. The molecule has 0 aliphatic carbocycles. The Morgan fingerprint density at radius 2 is 1.96 bits per heavy atom. The maximum atomic E-state index is 14.6. The summed E-state index contributed by atoms with van der Waals surface area (Å²) in [4.78, 5) is 29.8. The number of hydrogen-bond acceptors (Lipinski definition) is 6. The van der Waals surface area contributed by atoms with Crippen LogP contribution in [0.3, 0.4) is 0 Å². The molecule has 0 saturated heterocycles. The lowest BCUT2D eigenvalue weighted by Gasteiger charge is -2.12. The molecule has 0 bridgehead atoms. The summed E-state index contributed by atoms with van der Waals surface area (Å²) in [5.74, 6) is -1.16. The third kappa shape index (κ3) is 3.74. The molecule has 146 valence electrons. The van der Waals surface area contributed by atoms with Gasteiger partial charge >= 0.3 is 0 Å². The Bertz CT molecular complexity index is 1090. The van der Waals surface area contributed by atoms with E-state index in [9.17, 15) is 14.0 Å². The van der Waals surface area contributed by atoms with E-state index < -0.39 is 11.7 Å². The van der Waals surface area contributed by atoms with Gasteiger partial charge in [0.15, 0.2) is 11.6 Å². The molecular formula is C19H19FN4O3S. The minimum absolute atomic E-state index is 0.0285. The van der Waals surface area contributed by atoms with Crippen LogP contribution in [0.25, 0.3) is 10.2 Å². The molecule has 28 heavy (non-hydrogen) atoms. The van der Waals surface area contributed by atoms with E-state index in [1.165, 1.54) is 17.0 Å². The van der Waals surface area contributed by atoms with Gasteiger partial charge in [-0.3, -0.25) is 9.59 Å². The van der Waals surface area contributed by atoms with Gasteiger partial charge in [0.2, 0.25) is 5.91 Å². The highest BCUT2D eigenvalue weighted by Crippen LogP contribution is 2.40. The van der Waals surface area contributed by atoms with E-state index in [0.717, 1.165) is 11.3 Å². The number of nitrogens with two attached hydrogens (primary N) is 2. The summed E-state index contributed by atoms with van der Waals surface area (Å²) in [6.07, 6.45) is 0.0856. The first-order valence-corrected chi connectivity index (χ1v) is 9.15. The zero-order chi connectivity index (χ0) is 20.6. The predicted octanol–water partition coefficient (Wildman–Crippen LogP) is 2.85. The summed E-state index contributed by atoms with van der Waals surface area (Å²) >= 11 is 1.06. The minimum Gasteiger partial charge on any atom is -0.453 e. The van der Waals surface area contributed by atoms with Crippen molar-refractivity contribution in [2.75, 3.05) is 19.8 Å². The molecule has 0 radical (unpaired) electrons. The van der Waals surface area contributed by atoms with Gasteiger partial charge in [0.05, 0.1) is 17.5 Å². The lowest BCUT2D eigenvalue weighted by molar-refractivity contribution is -0.127. The molecule has 0 unspecified atom stereocenters. The Balaban J connectivity index is 1.98. The van der Waals surface area contributed by atoms with Crippen molar-refractivity contribution < 1.29 is 18.7 Å². The first-order chi connectivity index (χ1) is 13.2. The van der Waals surface area contributed by atoms with Crippen LogP contribution in [0.4, 0.5) is 10.1 Å². The van der Waals surface area contributed by atoms with E-state index in [-0.39, 0.29) is 34.4 Å². The molecule has 0 aliphatic heterocycles. The number of rotatable bonds is 5. The van der Waals surface area contributed by atoms with Crippen LogP contribution in [0.2, 0.25) is 0 Å². The number of amides is 2. The van der Waals surface area contributed by atoms with Crippen molar-refractivity contribution in [3.63, 3.8) is 0 Å². The number of nitrogens with zero attached hydrogens (tertiary/aromatic N) is 2. The van der Waals surface area contributed by atoms with Crippen molar-refractivity contribution in [3.8, 4) is 11.5 Å². The molecule has 0 aliphatic rings. The molecule has 0 saturated carbocycles. The molecule has 4 N–H and O–H groups in total. The molecular weight excluding hydrogens is 383 g/mol. The number of anilines is 1. The highest BCUT2D eigenvalue weighted by molar-refractivity contribution is 7.21. The average Bonchev–Trinajstić information content (AvgIpc) is 2.94. The summed E-state index contributed by atoms with van der Waals surface area (Å²) in [5, 5.41) is 0.413. The van der Waals surface area contributed by atoms with Crippen LogP contribution in [-0.2, 0) is 11.2 Å². The topological polar surface area (TPSA) is 112 Å². The van der Waals surface area contributed by atoms with E-state index in [1.54, 1.807) is 33.2 Å². The lowest BCUT2D eigenvalue weighted by atomic mass is 10.1. The van der Waals surface area contributed by atoms with Gasteiger partial charge in [-0.15, -0.1) is 11.3 Å². The Morgan fingerprint density at radius 3 is 2.57 bits per heavy atom. The number of nitrogen functional groups attached to an aromatic ring is 1. The van der Waals surface area contributed by atoms with E-state index in [4.69, 9.17) is 16.2 Å². The second-order valence-electron chi connectivity index (χ2n) is 6.48. The zero-order valence-electron chi connectivity index (χ0n) is 15.6. The van der Waals surface area contributed by atoms with Gasteiger partial charge in [-0.05, 0) is 24.6 Å². The number of aromatic nitrogens is 1. The number of aryl methyl sites for hydroxylation is 1. The number of benzene rings is 1. The predicted molar refractivity (Wildman–Crippen MR) is 106 cm³/mol. The summed E-state index contributed by atoms with van der Waals surface area (Å²) in [6, 6.07) is 5.94. The SMILES string of the molecule is Cc1cc(Oc2ccc(CC(=O)N(C)C)cc2F)c2c(N)c(C(N)=O)sc2n1. The Hall–Kier alpha value is -3.20. The van der Waals surface area contributed by atoms with E-state index in [0.29, 0.717) is 21.5 Å². The Morgan fingerprint density at radius 1 is 1.25 bits per heavy atom. The molecule has 2 amide bonds. The zero-order valence-corrected chi connectivity index (χ0v) is 16.4. The van der Waals surface area contributed by atoms with Crippen LogP contribution in [0.5, 0.6) is 11.5 Å². The number of primary amides is 1. The smallest absolute Gasteiger partial charge is 0.260 e. The average molecular weight is 402 g/mol. The molecule has 0 atom stereocenters. The summed E-state index contributed by atoms with van der Waals surface area (Å²) in [5.41, 5.74) is 12.7.